The predicted octanol–water partition coefficient (Wildman–Crippen LogP) is 9.78. The summed E-state index contributed by atoms with van der Waals surface area (Å²) in [5, 5.41) is 0.734. The molecule has 0 bridgehead atoms. The number of halogens is 1. The van der Waals surface area contributed by atoms with Crippen molar-refractivity contribution in [2.24, 2.45) is 0 Å². The van der Waals surface area contributed by atoms with E-state index in [2.05, 4.69) is 128 Å². The van der Waals surface area contributed by atoms with E-state index in [0.717, 1.165) is 16.4 Å². The molecule has 1 aliphatic carbocycles. The zero-order chi connectivity index (χ0) is 24.0. The van der Waals surface area contributed by atoms with E-state index in [0.29, 0.717) is 0 Å². The third-order valence-electron chi connectivity index (χ3n) is 7.14. The molecule has 0 heterocycles. The molecule has 170 valence electrons. The SMILES string of the molecule is CC1(C)c2ccccc2-c2c(N(c3ccc(Cl)cc3)c3ccc(-c4ccccc4)cc3)cccc21. The zero-order valence-electron chi connectivity index (χ0n) is 19.9. The highest BCUT2D eigenvalue weighted by atomic mass is 35.5. The Labute approximate surface area is 212 Å². The number of benzene rings is 5. The molecule has 0 aromatic heterocycles. The number of hydrogen-bond acceptors (Lipinski definition) is 1. The highest BCUT2D eigenvalue weighted by Crippen LogP contribution is 2.54. The molecule has 6 rings (SSSR count). The van der Waals surface area contributed by atoms with Gasteiger partial charge in [-0.15, -0.1) is 0 Å². The lowest BCUT2D eigenvalue weighted by molar-refractivity contribution is 0.660. The fraction of sp³-hybridized carbons (Fsp3) is 0.0909. The summed E-state index contributed by atoms with van der Waals surface area (Å²) in [6.45, 7) is 4.64. The van der Waals surface area contributed by atoms with Crippen LogP contribution in [0.2, 0.25) is 5.02 Å². The van der Waals surface area contributed by atoms with Crippen molar-refractivity contribution < 1.29 is 0 Å². The minimum Gasteiger partial charge on any atom is -0.310 e. The Morgan fingerprint density at radius 1 is 0.543 bits per heavy atom. The van der Waals surface area contributed by atoms with E-state index < -0.39 is 0 Å². The van der Waals surface area contributed by atoms with Gasteiger partial charge in [-0.1, -0.05) is 104 Å². The zero-order valence-corrected chi connectivity index (χ0v) is 20.6. The quantitative estimate of drug-likeness (QED) is 0.252. The molecular weight excluding hydrogens is 446 g/mol. The maximum atomic E-state index is 6.28. The molecule has 0 spiro atoms. The van der Waals surface area contributed by atoms with Crippen LogP contribution >= 0.6 is 11.6 Å². The van der Waals surface area contributed by atoms with Crippen molar-refractivity contribution in [2.45, 2.75) is 19.3 Å². The fourth-order valence-electron chi connectivity index (χ4n) is 5.37. The largest absolute Gasteiger partial charge is 0.310 e. The lowest BCUT2D eigenvalue weighted by Gasteiger charge is -2.29. The van der Waals surface area contributed by atoms with Gasteiger partial charge in [-0.25, -0.2) is 0 Å². The first-order valence-corrected chi connectivity index (χ1v) is 12.4. The Balaban J connectivity index is 1.56. The smallest absolute Gasteiger partial charge is 0.0543 e. The van der Waals surface area contributed by atoms with E-state index in [-0.39, 0.29) is 5.41 Å². The minimum atomic E-state index is -0.0508. The van der Waals surface area contributed by atoms with Crippen LogP contribution in [0.25, 0.3) is 22.3 Å². The summed E-state index contributed by atoms with van der Waals surface area (Å²) < 4.78 is 0. The van der Waals surface area contributed by atoms with Gasteiger partial charge in [-0.05, 0) is 70.3 Å². The van der Waals surface area contributed by atoms with Crippen LogP contribution in [0.15, 0.2) is 121 Å². The van der Waals surface area contributed by atoms with Gasteiger partial charge in [0.25, 0.3) is 0 Å². The number of fused-ring (bicyclic) bond motifs is 3. The average Bonchev–Trinajstić information content (AvgIpc) is 3.14. The molecule has 1 nitrogen and oxygen atoms in total. The Morgan fingerprint density at radius 3 is 1.83 bits per heavy atom. The highest BCUT2D eigenvalue weighted by Gasteiger charge is 2.37. The predicted molar refractivity (Wildman–Crippen MR) is 149 cm³/mol. The highest BCUT2D eigenvalue weighted by molar-refractivity contribution is 6.30. The number of hydrogen-bond donors (Lipinski definition) is 0. The molecule has 0 fully saturated rings. The van der Waals surface area contributed by atoms with E-state index in [1.54, 1.807) is 0 Å². The molecule has 0 N–H and O–H groups in total. The Bertz CT molecular complexity index is 1500. The standard InChI is InChI=1S/C33H26ClN/c1-33(2)29-12-7-6-11-28(29)32-30(33)13-8-14-31(32)35(27-21-17-25(34)18-22-27)26-19-15-24(16-20-26)23-9-4-3-5-10-23/h3-22H,1-2H3. The molecule has 0 aliphatic heterocycles. The van der Waals surface area contributed by atoms with Crippen LogP contribution in [0, 0.1) is 0 Å². The second-order valence-corrected chi connectivity index (χ2v) is 10.0. The lowest BCUT2D eigenvalue weighted by Crippen LogP contribution is -2.16. The van der Waals surface area contributed by atoms with Crippen molar-refractivity contribution in [2.75, 3.05) is 4.90 Å². The number of rotatable bonds is 4. The molecule has 1 aliphatic rings. The van der Waals surface area contributed by atoms with Gasteiger partial charge in [0.2, 0.25) is 0 Å². The normalized spacial score (nSPS) is 13.2. The van der Waals surface area contributed by atoms with Crippen molar-refractivity contribution in [3.05, 3.63) is 137 Å². The van der Waals surface area contributed by atoms with Gasteiger partial charge in [0, 0.05) is 27.4 Å². The van der Waals surface area contributed by atoms with Crippen LogP contribution in [0.1, 0.15) is 25.0 Å². The molecule has 0 saturated carbocycles. The topological polar surface area (TPSA) is 3.24 Å². The van der Waals surface area contributed by atoms with E-state index in [1.165, 1.54) is 39.1 Å². The Morgan fingerprint density at radius 2 is 1.11 bits per heavy atom. The van der Waals surface area contributed by atoms with Crippen molar-refractivity contribution in [1.82, 2.24) is 0 Å². The molecule has 2 heteroatoms. The third-order valence-corrected chi connectivity index (χ3v) is 7.40. The van der Waals surface area contributed by atoms with Crippen molar-refractivity contribution in [3.63, 3.8) is 0 Å². The van der Waals surface area contributed by atoms with E-state index in [9.17, 15) is 0 Å². The first-order chi connectivity index (χ1) is 17.0. The fourth-order valence-corrected chi connectivity index (χ4v) is 5.50. The van der Waals surface area contributed by atoms with Crippen LogP contribution in [-0.4, -0.2) is 0 Å². The molecule has 0 radical (unpaired) electrons. The molecule has 0 saturated heterocycles. The van der Waals surface area contributed by atoms with E-state index in [4.69, 9.17) is 11.6 Å². The van der Waals surface area contributed by atoms with Gasteiger partial charge in [0.15, 0.2) is 0 Å². The maximum absolute atomic E-state index is 6.28. The first-order valence-electron chi connectivity index (χ1n) is 12.0. The van der Waals surface area contributed by atoms with Crippen molar-refractivity contribution in [1.29, 1.82) is 0 Å². The van der Waals surface area contributed by atoms with Crippen LogP contribution in [0.3, 0.4) is 0 Å². The maximum Gasteiger partial charge on any atom is 0.0543 e. The minimum absolute atomic E-state index is 0.0508. The van der Waals surface area contributed by atoms with Crippen LogP contribution in [0.4, 0.5) is 17.1 Å². The summed E-state index contributed by atoms with van der Waals surface area (Å²) in [7, 11) is 0. The van der Waals surface area contributed by atoms with Gasteiger partial charge in [-0.2, -0.15) is 0 Å². The van der Waals surface area contributed by atoms with Gasteiger partial charge in [0.05, 0.1) is 5.69 Å². The van der Waals surface area contributed by atoms with Gasteiger partial charge in [-0.3, -0.25) is 0 Å². The summed E-state index contributed by atoms with van der Waals surface area (Å²) in [6.07, 6.45) is 0. The van der Waals surface area contributed by atoms with Crippen molar-refractivity contribution >= 4 is 28.7 Å². The monoisotopic (exact) mass is 471 g/mol. The number of nitrogens with zero attached hydrogens (tertiary/aromatic N) is 1. The summed E-state index contributed by atoms with van der Waals surface area (Å²) >= 11 is 6.28. The van der Waals surface area contributed by atoms with Gasteiger partial charge < -0.3 is 4.90 Å². The van der Waals surface area contributed by atoms with Crippen LogP contribution in [0.5, 0.6) is 0 Å². The first kappa shape index (κ1) is 21.7. The molecular formula is C33H26ClN. The molecule has 5 aromatic carbocycles. The third kappa shape index (κ3) is 3.64. The molecule has 0 unspecified atom stereocenters. The lowest BCUT2D eigenvalue weighted by atomic mass is 9.82. The number of anilines is 3. The van der Waals surface area contributed by atoms with E-state index >= 15 is 0 Å². The van der Waals surface area contributed by atoms with Crippen molar-refractivity contribution in [3.8, 4) is 22.3 Å². The van der Waals surface area contributed by atoms with Gasteiger partial charge in [0.1, 0.15) is 0 Å². The summed E-state index contributed by atoms with van der Waals surface area (Å²) in [4.78, 5) is 2.35. The summed E-state index contributed by atoms with van der Waals surface area (Å²) in [5.74, 6) is 0. The molecule has 0 amide bonds. The van der Waals surface area contributed by atoms with Crippen LogP contribution < -0.4 is 4.90 Å². The second-order valence-electron chi connectivity index (χ2n) is 9.60. The van der Waals surface area contributed by atoms with E-state index in [1.807, 2.05) is 12.1 Å². The summed E-state index contributed by atoms with van der Waals surface area (Å²) in [6, 6.07) is 42.9. The average molecular weight is 472 g/mol. The Hall–Kier alpha value is -3.81. The molecule has 5 aromatic rings. The summed E-state index contributed by atoms with van der Waals surface area (Å²) in [5.41, 5.74) is 11.1. The molecule has 35 heavy (non-hydrogen) atoms. The van der Waals surface area contributed by atoms with Crippen LogP contribution in [-0.2, 0) is 5.41 Å². The Kier molecular flexibility index (Phi) is 5.24. The van der Waals surface area contributed by atoms with Gasteiger partial charge >= 0.3 is 0 Å². The molecule has 0 atom stereocenters. The second kappa shape index (κ2) is 8.45.